The van der Waals surface area contributed by atoms with E-state index in [0.29, 0.717) is 6.54 Å². The fraction of sp³-hybridized carbons (Fsp3) is 0.400. The van der Waals surface area contributed by atoms with E-state index in [2.05, 4.69) is 73.2 Å². The van der Waals surface area contributed by atoms with E-state index in [-0.39, 0.29) is 5.56 Å². The van der Waals surface area contributed by atoms with Crippen LogP contribution in [0.2, 0.25) is 0 Å². The number of hydrogen-bond donors (Lipinski definition) is 2. The average molecular weight is 390 g/mol. The molecule has 0 aliphatic carbocycles. The van der Waals surface area contributed by atoms with Crippen molar-refractivity contribution < 1.29 is 0 Å². The molecule has 2 aromatic carbocycles. The molecule has 1 saturated heterocycles. The molecule has 1 aliphatic heterocycles. The zero-order valence-corrected chi connectivity index (χ0v) is 17.9. The molecule has 2 N–H and O–H groups in total. The molecular formula is C25H31N3O. The number of nitrogens with one attached hydrogen (secondary N) is 2. The summed E-state index contributed by atoms with van der Waals surface area (Å²) in [5.41, 5.74) is 6.37. The van der Waals surface area contributed by atoms with E-state index < -0.39 is 0 Å². The van der Waals surface area contributed by atoms with Gasteiger partial charge in [0.1, 0.15) is 0 Å². The van der Waals surface area contributed by atoms with Crippen molar-refractivity contribution in [3.8, 4) is 0 Å². The first-order valence-corrected chi connectivity index (χ1v) is 10.6. The van der Waals surface area contributed by atoms with Gasteiger partial charge in [0.2, 0.25) is 0 Å². The van der Waals surface area contributed by atoms with Gasteiger partial charge in [-0.25, -0.2) is 0 Å². The Morgan fingerprint density at radius 1 is 1.00 bits per heavy atom. The summed E-state index contributed by atoms with van der Waals surface area (Å²) in [5, 5.41) is 4.48. The normalized spacial score (nSPS) is 19.5. The van der Waals surface area contributed by atoms with Crippen molar-refractivity contribution in [2.75, 3.05) is 23.3 Å². The number of rotatable bonds is 4. The van der Waals surface area contributed by atoms with Crippen molar-refractivity contribution in [2.45, 2.75) is 40.7 Å². The number of anilines is 2. The molecular weight excluding hydrogens is 358 g/mol. The average Bonchev–Trinajstić information content (AvgIpc) is 2.67. The minimum Gasteiger partial charge on any atom is -0.381 e. The summed E-state index contributed by atoms with van der Waals surface area (Å²) in [6, 6.07) is 14.8. The summed E-state index contributed by atoms with van der Waals surface area (Å²) < 4.78 is 0. The minimum absolute atomic E-state index is 0.0267. The van der Waals surface area contributed by atoms with Gasteiger partial charge in [0.15, 0.2) is 0 Å². The second-order valence-electron chi connectivity index (χ2n) is 8.90. The summed E-state index contributed by atoms with van der Waals surface area (Å²) in [6.45, 7) is 11.6. The SMILES string of the molecule is Cc1cc2cc(CNc3ccc(N4C[C@H](C)C[C@@H](C)C4)cc3)c(=O)[nH]c2cc1C. The number of pyridine rings is 1. The number of benzene rings is 2. The standard InChI is InChI=1S/C25H31N3O/c1-16-9-17(2)15-28(14-16)23-7-5-22(6-8-23)26-13-21-12-20-10-18(3)19(4)11-24(20)27-25(21)29/h5-8,10-12,16-17,26H,9,13-15H2,1-4H3,(H,27,29)/t16-,17-/m1/s1. The van der Waals surface area contributed by atoms with E-state index in [1.54, 1.807) is 0 Å². The number of aryl methyl sites for hydroxylation is 2. The first-order chi connectivity index (χ1) is 13.9. The highest BCUT2D eigenvalue weighted by atomic mass is 16.1. The summed E-state index contributed by atoms with van der Waals surface area (Å²) in [5.74, 6) is 1.48. The van der Waals surface area contributed by atoms with Gasteiger partial charge in [0.05, 0.1) is 0 Å². The van der Waals surface area contributed by atoms with Gasteiger partial charge in [-0.05, 0) is 91.1 Å². The van der Waals surface area contributed by atoms with Crippen molar-refractivity contribution in [3.63, 3.8) is 0 Å². The number of nitrogens with zero attached hydrogens (tertiary/aromatic N) is 1. The van der Waals surface area contributed by atoms with E-state index >= 15 is 0 Å². The van der Waals surface area contributed by atoms with E-state index in [1.165, 1.54) is 23.2 Å². The van der Waals surface area contributed by atoms with Gasteiger partial charge in [-0.1, -0.05) is 13.8 Å². The lowest BCUT2D eigenvalue weighted by atomic mass is 9.91. The van der Waals surface area contributed by atoms with Gasteiger partial charge in [-0.2, -0.15) is 0 Å². The highest BCUT2D eigenvalue weighted by molar-refractivity contribution is 5.80. The molecule has 0 unspecified atom stereocenters. The van der Waals surface area contributed by atoms with Crippen LogP contribution in [0.4, 0.5) is 11.4 Å². The van der Waals surface area contributed by atoms with Crippen molar-refractivity contribution in [3.05, 3.63) is 69.5 Å². The second kappa shape index (κ2) is 7.94. The van der Waals surface area contributed by atoms with Crippen molar-refractivity contribution in [1.82, 2.24) is 4.98 Å². The largest absolute Gasteiger partial charge is 0.381 e. The maximum Gasteiger partial charge on any atom is 0.253 e. The third kappa shape index (κ3) is 4.31. The topological polar surface area (TPSA) is 48.1 Å². The van der Waals surface area contributed by atoms with Crippen LogP contribution >= 0.6 is 0 Å². The van der Waals surface area contributed by atoms with Crippen LogP contribution in [-0.4, -0.2) is 18.1 Å². The van der Waals surface area contributed by atoms with Gasteiger partial charge >= 0.3 is 0 Å². The Morgan fingerprint density at radius 3 is 2.34 bits per heavy atom. The molecule has 0 amide bonds. The van der Waals surface area contributed by atoms with Crippen LogP contribution in [-0.2, 0) is 6.54 Å². The van der Waals surface area contributed by atoms with Gasteiger partial charge in [0, 0.05) is 42.1 Å². The zero-order valence-electron chi connectivity index (χ0n) is 17.9. The predicted molar refractivity (Wildman–Crippen MR) is 123 cm³/mol. The van der Waals surface area contributed by atoms with E-state index in [9.17, 15) is 4.79 Å². The molecule has 0 saturated carbocycles. The Hall–Kier alpha value is -2.75. The number of piperidine rings is 1. The van der Waals surface area contributed by atoms with E-state index in [1.807, 2.05) is 12.1 Å². The van der Waals surface area contributed by atoms with E-state index in [0.717, 1.165) is 47.1 Å². The molecule has 29 heavy (non-hydrogen) atoms. The Kier molecular flexibility index (Phi) is 5.35. The molecule has 3 aromatic rings. The van der Waals surface area contributed by atoms with Crippen molar-refractivity contribution in [2.24, 2.45) is 11.8 Å². The van der Waals surface area contributed by atoms with Crippen LogP contribution < -0.4 is 15.8 Å². The van der Waals surface area contributed by atoms with Gasteiger partial charge in [-0.15, -0.1) is 0 Å². The summed E-state index contributed by atoms with van der Waals surface area (Å²) >= 11 is 0. The second-order valence-corrected chi connectivity index (χ2v) is 8.90. The molecule has 1 fully saturated rings. The number of hydrogen-bond acceptors (Lipinski definition) is 3. The lowest BCUT2D eigenvalue weighted by Crippen LogP contribution is -2.38. The molecule has 4 nitrogen and oxygen atoms in total. The number of fused-ring (bicyclic) bond motifs is 1. The summed E-state index contributed by atoms with van der Waals surface area (Å²) in [4.78, 5) is 18.0. The van der Waals surface area contributed by atoms with Crippen LogP contribution in [0.15, 0.2) is 47.3 Å². The minimum atomic E-state index is -0.0267. The number of H-pyrrole nitrogens is 1. The van der Waals surface area contributed by atoms with Gasteiger partial charge < -0.3 is 15.2 Å². The van der Waals surface area contributed by atoms with Gasteiger partial charge in [0.25, 0.3) is 5.56 Å². The zero-order chi connectivity index (χ0) is 20.5. The predicted octanol–water partition coefficient (Wildman–Crippen LogP) is 5.24. The summed E-state index contributed by atoms with van der Waals surface area (Å²) in [7, 11) is 0. The molecule has 4 heteroatoms. The van der Waals surface area contributed by atoms with Crippen LogP contribution in [0.3, 0.4) is 0 Å². The fourth-order valence-electron chi connectivity index (χ4n) is 4.51. The Labute approximate surface area is 173 Å². The molecule has 1 aromatic heterocycles. The van der Waals surface area contributed by atoms with Crippen LogP contribution in [0.1, 0.15) is 37.0 Å². The van der Waals surface area contributed by atoms with E-state index in [4.69, 9.17) is 0 Å². The molecule has 4 rings (SSSR count). The first-order valence-electron chi connectivity index (χ1n) is 10.6. The molecule has 1 aliphatic rings. The fourth-order valence-corrected chi connectivity index (χ4v) is 4.51. The summed E-state index contributed by atoms with van der Waals surface area (Å²) in [6.07, 6.45) is 1.32. The van der Waals surface area contributed by atoms with Crippen molar-refractivity contribution in [1.29, 1.82) is 0 Å². The Bertz CT molecular complexity index is 1060. The third-order valence-corrected chi connectivity index (χ3v) is 6.12. The first kappa shape index (κ1) is 19.6. The molecule has 0 bridgehead atoms. The Morgan fingerprint density at radius 2 is 1.66 bits per heavy atom. The highest BCUT2D eigenvalue weighted by Crippen LogP contribution is 2.27. The molecule has 152 valence electrons. The lowest BCUT2D eigenvalue weighted by molar-refractivity contribution is 0.357. The van der Waals surface area contributed by atoms with Crippen LogP contribution in [0.25, 0.3) is 10.9 Å². The highest BCUT2D eigenvalue weighted by Gasteiger charge is 2.21. The maximum absolute atomic E-state index is 12.5. The Balaban J connectivity index is 1.47. The number of aromatic nitrogens is 1. The van der Waals surface area contributed by atoms with Crippen LogP contribution in [0.5, 0.6) is 0 Å². The quantitative estimate of drug-likeness (QED) is 0.641. The van der Waals surface area contributed by atoms with Crippen molar-refractivity contribution >= 4 is 22.3 Å². The number of aromatic amines is 1. The lowest BCUT2D eigenvalue weighted by Gasteiger charge is -2.36. The monoisotopic (exact) mass is 389 g/mol. The molecule has 0 radical (unpaired) electrons. The van der Waals surface area contributed by atoms with Crippen LogP contribution in [0, 0.1) is 25.7 Å². The third-order valence-electron chi connectivity index (χ3n) is 6.12. The smallest absolute Gasteiger partial charge is 0.253 e. The molecule has 2 atom stereocenters. The van der Waals surface area contributed by atoms with Gasteiger partial charge in [-0.3, -0.25) is 4.79 Å². The molecule has 0 spiro atoms. The molecule has 2 heterocycles. The maximum atomic E-state index is 12.5.